The number of nitrogens with zero attached hydrogens (tertiary/aromatic N) is 4. The Hall–Kier alpha value is -5.48. The van der Waals surface area contributed by atoms with E-state index in [9.17, 15) is 14.4 Å². The van der Waals surface area contributed by atoms with Gasteiger partial charge in [0.1, 0.15) is 17.2 Å². The van der Waals surface area contributed by atoms with Crippen LogP contribution in [-0.2, 0) is 4.74 Å². The molecule has 4 fully saturated rings. The number of methoxy groups -OCH3 is 1. The molecule has 1 saturated carbocycles. The van der Waals surface area contributed by atoms with Crippen LogP contribution in [0.4, 0.5) is 27.1 Å². The molecule has 1 amide bonds. The summed E-state index contributed by atoms with van der Waals surface area (Å²) in [6, 6.07) is 18.6. The van der Waals surface area contributed by atoms with E-state index in [1.165, 1.54) is 51.2 Å². The predicted octanol–water partition coefficient (Wildman–Crippen LogP) is 10.9. The lowest BCUT2D eigenvalue weighted by Crippen LogP contribution is -2.63. The molecule has 3 aliphatic heterocycles. The molecule has 3 aromatic carbocycles. The van der Waals surface area contributed by atoms with Crippen molar-refractivity contribution in [2.24, 2.45) is 11.3 Å². The van der Waals surface area contributed by atoms with Gasteiger partial charge in [-0.1, -0.05) is 51.1 Å². The maximum atomic E-state index is 14.9. The van der Waals surface area contributed by atoms with Gasteiger partial charge in [-0.2, -0.15) is 4.98 Å². The van der Waals surface area contributed by atoms with Crippen molar-refractivity contribution in [2.45, 2.75) is 88.5 Å². The number of ether oxygens (including phenoxy) is 3. The maximum absolute atomic E-state index is 14.9. The standard InChI is InChI=1S/C52H64FN8O5S/c1-7-54-47-33(4)46(27-43(59(5)63)48(47)55-28-34-17-23-65-24-18-34)67-58-50(62)39-16-15-35(25-44(39)66-45-26-40-41(53)29-56-49(40)57-51(45)64-6)60-21-19-52(20-22-60)30-61(31-52)42-14-10-13-38(42)37-12-9-8-11-36(37)32(2)3/h7-9,11-12,15-16,25-27,29,32,34,38,42,54-55H,1,10,13-14,17-24,28,30-31H2,2-6H3,(H,56,57)(H,58,62)/q-1/t38-,42-/m0/s1. The van der Waals surface area contributed by atoms with Crippen molar-refractivity contribution in [1.82, 2.24) is 19.6 Å². The van der Waals surface area contributed by atoms with Crippen molar-refractivity contribution < 1.29 is 23.4 Å². The lowest BCUT2D eigenvalue weighted by molar-refractivity contribution is -0.0493. The van der Waals surface area contributed by atoms with Crippen LogP contribution >= 0.6 is 11.9 Å². The van der Waals surface area contributed by atoms with Gasteiger partial charge in [0, 0.05) is 80.9 Å². The topological polar surface area (TPSA) is 142 Å². The van der Waals surface area contributed by atoms with Gasteiger partial charge in [0.2, 0.25) is 0 Å². The highest BCUT2D eigenvalue weighted by Gasteiger charge is 2.49. The summed E-state index contributed by atoms with van der Waals surface area (Å²) in [5, 5.41) is 20.9. The maximum Gasteiger partial charge on any atom is 0.265 e. The van der Waals surface area contributed by atoms with E-state index in [-0.39, 0.29) is 28.3 Å². The Morgan fingerprint density at radius 3 is 2.60 bits per heavy atom. The van der Waals surface area contributed by atoms with Gasteiger partial charge >= 0.3 is 0 Å². The van der Waals surface area contributed by atoms with Crippen molar-refractivity contribution in [3.8, 4) is 17.4 Å². The summed E-state index contributed by atoms with van der Waals surface area (Å²) in [5.74, 6) is 1.21. The number of nitrogens with one attached hydrogen (secondary N) is 4. The third-order valence-electron chi connectivity index (χ3n) is 14.7. The third kappa shape index (κ3) is 9.65. The largest absolute Gasteiger partial charge is 0.758 e. The number of likely N-dealkylation sites (tertiary alicyclic amines) is 1. The van der Waals surface area contributed by atoms with Crippen LogP contribution in [0, 0.1) is 29.3 Å². The van der Waals surface area contributed by atoms with Gasteiger partial charge in [0.05, 0.1) is 35.1 Å². The van der Waals surface area contributed by atoms with Crippen molar-refractivity contribution in [3.05, 3.63) is 107 Å². The number of piperidine rings is 1. The molecule has 9 rings (SSSR count). The van der Waals surface area contributed by atoms with E-state index in [0.717, 1.165) is 93.3 Å². The first kappa shape index (κ1) is 46.6. The molecule has 4 N–H and O–H groups in total. The summed E-state index contributed by atoms with van der Waals surface area (Å²) in [7, 11) is 2.93. The number of benzene rings is 3. The number of hydroxylamine groups is 1. The van der Waals surface area contributed by atoms with Crippen molar-refractivity contribution in [3.63, 3.8) is 0 Å². The molecule has 67 heavy (non-hydrogen) atoms. The first-order valence-electron chi connectivity index (χ1n) is 23.8. The van der Waals surface area contributed by atoms with Crippen LogP contribution in [0.3, 0.4) is 0 Å². The first-order valence-corrected chi connectivity index (χ1v) is 24.6. The number of anilines is 4. The molecule has 356 valence electrons. The number of hydrogen-bond acceptors (Lipinski definition) is 12. The minimum atomic E-state index is -0.479. The first-order chi connectivity index (χ1) is 32.5. The Morgan fingerprint density at radius 1 is 1.09 bits per heavy atom. The quantitative estimate of drug-likeness (QED) is 0.0553. The number of pyridine rings is 1. The Labute approximate surface area is 397 Å². The van der Waals surface area contributed by atoms with E-state index in [1.807, 2.05) is 19.1 Å². The van der Waals surface area contributed by atoms with Crippen LogP contribution in [0.5, 0.6) is 17.4 Å². The van der Waals surface area contributed by atoms with Crippen LogP contribution in [0.25, 0.3) is 11.0 Å². The number of H-pyrrole nitrogens is 1. The molecule has 0 radical (unpaired) electrons. The Balaban J connectivity index is 0.938. The van der Waals surface area contributed by atoms with E-state index >= 15 is 0 Å². The number of rotatable bonds is 16. The minimum Gasteiger partial charge on any atom is -0.758 e. The highest BCUT2D eigenvalue weighted by atomic mass is 32.2. The highest BCUT2D eigenvalue weighted by Crippen LogP contribution is 2.49. The molecule has 0 bridgehead atoms. The summed E-state index contributed by atoms with van der Waals surface area (Å²) >= 11 is 1.11. The lowest BCUT2D eigenvalue weighted by Gasteiger charge is -2.57. The van der Waals surface area contributed by atoms with Crippen LogP contribution in [0.15, 0.2) is 78.5 Å². The zero-order valence-corrected chi connectivity index (χ0v) is 40.2. The molecule has 1 aliphatic carbocycles. The molecule has 1 spiro atoms. The molecule has 5 heterocycles. The van der Waals surface area contributed by atoms with Crippen molar-refractivity contribution >= 4 is 51.6 Å². The number of aromatic amines is 1. The monoisotopic (exact) mass is 931 g/mol. The molecule has 5 aromatic rings. The summed E-state index contributed by atoms with van der Waals surface area (Å²) in [6.45, 7) is 16.6. The number of fused-ring (bicyclic) bond motifs is 1. The van der Waals surface area contributed by atoms with E-state index in [0.29, 0.717) is 63.4 Å². The van der Waals surface area contributed by atoms with E-state index in [1.54, 1.807) is 23.9 Å². The Morgan fingerprint density at radius 2 is 1.87 bits per heavy atom. The van der Waals surface area contributed by atoms with Crippen LogP contribution in [-0.4, -0.2) is 86.9 Å². The normalized spacial score (nSPS) is 19.7. The van der Waals surface area contributed by atoms with Gasteiger partial charge < -0.3 is 45.0 Å². The molecule has 2 atom stereocenters. The SMILES string of the molecule is C=CNc1c(C)c(SNC(=O)c2ccc(N3CCC4(CC3)CN([C@H]3CCC[C@H]3c3ccccc3C(C)C)C4)cc2Oc2cc3c(F)c[nH]c3nc2OC)cc(N(C)[O-])c1NCC1CCOCC1. The van der Waals surface area contributed by atoms with E-state index in [2.05, 4.69) is 79.8 Å². The molecular weight excluding hydrogens is 868 g/mol. The van der Waals surface area contributed by atoms with Crippen LogP contribution in [0.2, 0.25) is 0 Å². The second-order valence-electron chi connectivity index (χ2n) is 19.2. The number of carbonyl (C=O) groups excluding carboxylic acids is 1. The zero-order valence-electron chi connectivity index (χ0n) is 39.4. The Bertz CT molecular complexity index is 2580. The molecule has 15 heteroatoms. The molecule has 3 saturated heterocycles. The highest BCUT2D eigenvalue weighted by molar-refractivity contribution is 7.98. The fourth-order valence-electron chi connectivity index (χ4n) is 10.9. The van der Waals surface area contributed by atoms with Crippen LogP contribution in [0.1, 0.15) is 97.7 Å². The number of hydrogen-bond donors (Lipinski definition) is 4. The van der Waals surface area contributed by atoms with Crippen molar-refractivity contribution in [2.75, 3.05) is 80.7 Å². The minimum absolute atomic E-state index is 0.143. The molecule has 13 nitrogen and oxygen atoms in total. The summed E-state index contributed by atoms with van der Waals surface area (Å²) in [4.78, 5) is 27.5. The number of amides is 1. The summed E-state index contributed by atoms with van der Waals surface area (Å²) in [5.41, 5.74) is 7.47. The fourth-order valence-corrected chi connectivity index (χ4v) is 11.7. The second-order valence-corrected chi connectivity index (χ2v) is 20.0. The molecular formula is C52H64FN8O5S-. The average Bonchev–Trinajstić information content (AvgIpc) is 3.96. The third-order valence-corrected chi connectivity index (χ3v) is 15.6. The summed E-state index contributed by atoms with van der Waals surface area (Å²) < 4.78 is 35.6. The number of halogens is 1. The molecule has 0 unspecified atom stereocenters. The van der Waals surface area contributed by atoms with E-state index < -0.39 is 11.7 Å². The van der Waals surface area contributed by atoms with Gasteiger partial charge in [-0.05, 0) is 129 Å². The number of aromatic nitrogens is 2. The fraction of sp³-hybridized carbons (Fsp3) is 0.462. The predicted molar refractivity (Wildman–Crippen MR) is 268 cm³/mol. The Kier molecular flexibility index (Phi) is 13.9. The smallest absolute Gasteiger partial charge is 0.265 e. The number of carbonyl (C=O) groups is 1. The van der Waals surface area contributed by atoms with Crippen LogP contribution < -0.4 is 34.8 Å². The van der Waals surface area contributed by atoms with E-state index in [4.69, 9.17) is 14.2 Å². The zero-order chi connectivity index (χ0) is 46.8. The summed E-state index contributed by atoms with van der Waals surface area (Å²) in [6.07, 6.45) is 10.7. The lowest BCUT2D eigenvalue weighted by atomic mass is 9.70. The van der Waals surface area contributed by atoms with Gasteiger partial charge in [-0.15, -0.1) is 0 Å². The average molecular weight is 932 g/mol. The molecule has 4 aliphatic rings. The van der Waals surface area contributed by atoms with Gasteiger partial charge in [-0.25, -0.2) is 4.39 Å². The van der Waals surface area contributed by atoms with Gasteiger partial charge in [0.15, 0.2) is 5.75 Å². The molecule has 2 aromatic heterocycles. The van der Waals surface area contributed by atoms with Crippen molar-refractivity contribution in [1.29, 1.82) is 0 Å². The van der Waals surface area contributed by atoms with Gasteiger partial charge in [-0.3, -0.25) is 14.4 Å². The van der Waals surface area contributed by atoms with Gasteiger partial charge in [0.25, 0.3) is 11.8 Å². The second kappa shape index (κ2) is 20.0.